The van der Waals surface area contributed by atoms with Gasteiger partial charge in [0.1, 0.15) is 17.2 Å². The van der Waals surface area contributed by atoms with Crippen molar-refractivity contribution in [3.05, 3.63) is 21.9 Å². The van der Waals surface area contributed by atoms with Crippen LogP contribution in [0.5, 0.6) is 0 Å². The smallest absolute Gasteiger partial charge is 0.120 e. The highest BCUT2D eigenvalue weighted by Crippen LogP contribution is 2.16. The molecular formula is C8H7NOS. The van der Waals surface area contributed by atoms with Crippen LogP contribution in [0.4, 0.5) is 0 Å². The Morgan fingerprint density at radius 3 is 3.00 bits per heavy atom. The Bertz CT molecular complexity index is 285. The van der Waals surface area contributed by atoms with Crippen LogP contribution in [-0.4, -0.2) is 6.29 Å². The molecule has 11 heavy (non-hydrogen) atoms. The highest BCUT2D eigenvalue weighted by molar-refractivity contribution is 7.12. The predicted molar refractivity (Wildman–Crippen MR) is 43.4 cm³/mol. The zero-order chi connectivity index (χ0) is 8.10. The van der Waals surface area contributed by atoms with Gasteiger partial charge in [0.25, 0.3) is 0 Å². The van der Waals surface area contributed by atoms with Gasteiger partial charge in [0.15, 0.2) is 0 Å². The molecule has 3 heteroatoms. The van der Waals surface area contributed by atoms with Crippen LogP contribution < -0.4 is 0 Å². The van der Waals surface area contributed by atoms with Crippen molar-refractivity contribution in [1.29, 1.82) is 5.26 Å². The van der Waals surface area contributed by atoms with Crippen LogP contribution in [0.25, 0.3) is 0 Å². The number of nitrogens with zero attached hydrogens (tertiary/aromatic N) is 1. The summed E-state index contributed by atoms with van der Waals surface area (Å²) < 4.78 is 0. The third-order valence-corrected chi connectivity index (χ3v) is 2.33. The molecule has 1 aromatic heterocycles. The van der Waals surface area contributed by atoms with Crippen molar-refractivity contribution in [1.82, 2.24) is 0 Å². The number of nitriles is 1. The predicted octanol–water partition coefficient (Wildman–Crippen LogP) is 1.75. The fourth-order valence-corrected chi connectivity index (χ4v) is 1.59. The minimum absolute atomic E-state index is 0.547. The first kappa shape index (κ1) is 7.96. The molecular weight excluding hydrogens is 158 g/mol. The maximum atomic E-state index is 9.99. The van der Waals surface area contributed by atoms with Gasteiger partial charge in [-0.15, -0.1) is 11.3 Å². The molecule has 1 heterocycles. The van der Waals surface area contributed by atoms with E-state index in [4.69, 9.17) is 5.26 Å². The van der Waals surface area contributed by atoms with Crippen molar-refractivity contribution in [2.75, 3.05) is 0 Å². The Kier molecular flexibility index (Phi) is 2.82. The summed E-state index contributed by atoms with van der Waals surface area (Å²) in [5, 5.41) is 8.47. The van der Waals surface area contributed by atoms with Crippen molar-refractivity contribution in [3.8, 4) is 6.07 Å². The second kappa shape index (κ2) is 3.89. The first-order valence-corrected chi connectivity index (χ1v) is 4.11. The van der Waals surface area contributed by atoms with Gasteiger partial charge in [0.05, 0.1) is 0 Å². The zero-order valence-electron chi connectivity index (χ0n) is 5.91. The summed E-state index contributed by atoms with van der Waals surface area (Å²) in [7, 11) is 0. The number of aldehydes is 1. The van der Waals surface area contributed by atoms with E-state index in [1.165, 1.54) is 11.3 Å². The van der Waals surface area contributed by atoms with Gasteiger partial charge in [0, 0.05) is 11.3 Å². The van der Waals surface area contributed by atoms with Crippen LogP contribution in [0, 0.1) is 11.3 Å². The summed E-state index contributed by atoms with van der Waals surface area (Å²) in [6, 6.07) is 5.73. The zero-order valence-corrected chi connectivity index (χ0v) is 6.73. The van der Waals surface area contributed by atoms with Gasteiger partial charge in [-0.2, -0.15) is 5.26 Å². The van der Waals surface area contributed by atoms with Gasteiger partial charge in [-0.3, -0.25) is 0 Å². The summed E-state index contributed by atoms with van der Waals surface area (Å²) >= 11 is 1.45. The molecule has 0 N–H and O–H groups in total. The third-order valence-electron chi connectivity index (χ3n) is 1.28. The third kappa shape index (κ3) is 2.17. The Labute approximate surface area is 69.1 Å². The summed E-state index contributed by atoms with van der Waals surface area (Å²) in [5.74, 6) is 0. The topological polar surface area (TPSA) is 40.9 Å². The minimum atomic E-state index is 0.547. The molecule has 0 fully saturated rings. The molecule has 0 spiro atoms. The summed E-state index contributed by atoms with van der Waals surface area (Å²) in [6.45, 7) is 0. The Balaban J connectivity index is 2.59. The van der Waals surface area contributed by atoms with Gasteiger partial charge in [-0.05, 0) is 18.6 Å². The molecule has 1 aromatic rings. The number of hydrogen-bond acceptors (Lipinski definition) is 3. The van der Waals surface area contributed by atoms with Gasteiger partial charge in [0.2, 0.25) is 0 Å². The average Bonchev–Trinajstić information content (AvgIpc) is 2.48. The fourth-order valence-electron chi connectivity index (χ4n) is 0.774. The van der Waals surface area contributed by atoms with Crippen LogP contribution >= 0.6 is 11.3 Å². The van der Waals surface area contributed by atoms with Crippen molar-refractivity contribution in [3.63, 3.8) is 0 Å². The number of rotatable bonds is 3. The first-order valence-electron chi connectivity index (χ1n) is 3.29. The second-order valence-electron chi connectivity index (χ2n) is 2.08. The SMILES string of the molecule is N#Cc1ccc(CCC=O)s1. The monoisotopic (exact) mass is 165 g/mol. The lowest BCUT2D eigenvalue weighted by Crippen LogP contribution is -1.79. The first-order chi connectivity index (χ1) is 5.36. The van der Waals surface area contributed by atoms with Gasteiger partial charge in [-0.25, -0.2) is 0 Å². The summed E-state index contributed by atoms with van der Waals surface area (Å²) in [6.07, 6.45) is 2.20. The van der Waals surface area contributed by atoms with Crippen LogP contribution in [0.3, 0.4) is 0 Å². The lowest BCUT2D eigenvalue weighted by atomic mass is 10.3. The van der Waals surface area contributed by atoms with Gasteiger partial charge >= 0.3 is 0 Å². The molecule has 0 amide bonds. The molecule has 0 bridgehead atoms. The van der Waals surface area contributed by atoms with E-state index in [9.17, 15) is 4.79 Å². The molecule has 0 aliphatic carbocycles. The molecule has 0 saturated heterocycles. The van der Waals surface area contributed by atoms with E-state index in [0.29, 0.717) is 11.3 Å². The van der Waals surface area contributed by atoms with Crippen molar-refractivity contribution < 1.29 is 4.79 Å². The lowest BCUT2D eigenvalue weighted by molar-refractivity contribution is -0.107. The van der Waals surface area contributed by atoms with Gasteiger partial charge in [-0.1, -0.05) is 0 Å². The average molecular weight is 165 g/mol. The summed E-state index contributed by atoms with van der Waals surface area (Å²) in [4.78, 5) is 11.8. The highest BCUT2D eigenvalue weighted by atomic mass is 32.1. The van der Waals surface area contributed by atoms with E-state index in [-0.39, 0.29) is 0 Å². The largest absolute Gasteiger partial charge is 0.303 e. The van der Waals surface area contributed by atoms with Crippen molar-refractivity contribution in [2.24, 2.45) is 0 Å². The number of thiophene rings is 1. The minimum Gasteiger partial charge on any atom is -0.303 e. The maximum Gasteiger partial charge on any atom is 0.120 e. The van der Waals surface area contributed by atoms with E-state index in [0.717, 1.165) is 17.6 Å². The standard InChI is InChI=1S/C8H7NOS/c9-6-8-4-3-7(11-8)2-1-5-10/h3-5H,1-2H2. The molecule has 0 aliphatic heterocycles. The molecule has 1 rings (SSSR count). The Hall–Kier alpha value is -1.14. The molecule has 56 valence electrons. The number of hydrogen-bond donors (Lipinski definition) is 0. The quantitative estimate of drug-likeness (QED) is 0.640. The molecule has 0 saturated carbocycles. The van der Waals surface area contributed by atoms with Gasteiger partial charge < -0.3 is 4.79 Å². The maximum absolute atomic E-state index is 9.99. The van der Waals surface area contributed by atoms with Crippen LogP contribution in [0.2, 0.25) is 0 Å². The van der Waals surface area contributed by atoms with E-state index < -0.39 is 0 Å². The van der Waals surface area contributed by atoms with E-state index >= 15 is 0 Å². The van der Waals surface area contributed by atoms with E-state index in [1.54, 1.807) is 6.07 Å². The van der Waals surface area contributed by atoms with Crippen molar-refractivity contribution >= 4 is 17.6 Å². The molecule has 0 radical (unpaired) electrons. The summed E-state index contributed by atoms with van der Waals surface area (Å²) in [5.41, 5.74) is 0. The number of carbonyl (C=O) groups excluding carboxylic acids is 1. The molecule has 0 aliphatic rings. The van der Waals surface area contributed by atoms with E-state index in [2.05, 4.69) is 6.07 Å². The normalized spacial score (nSPS) is 9.00. The lowest BCUT2D eigenvalue weighted by Gasteiger charge is -1.85. The second-order valence-corrected chi connectivity index (χ2v) is 3.25. The molecule has 0 unspecified atom stereocenters. The Morgan fingerprint density at radius 1 is 1.64 bits per heavy atom. The van der Waals surface area contributed by atoms with Crippen LogP contribution in [0.1, 0.15) is 16.2 Å². The molecule has 2 nitrogen and oxygen atoms in total. The highest BCUT2D eigenvalue weighted by Gasteiger charge is 1.97. The van der Waals surface area contributed by atoms with Crippen molar-refractivity contribution in [2.45, 2.75) is 12.8 Å². The molecule has 0 atom stereocenters. The number of aryl methyl sites for hydroxylation is 1. The number of carbonyl (C=O) groups is 1. The van der Waals surface area contributed by atoms with E-state index in [1.807, 2.05) is 6.07 Å². The van der Waals surface area contributed by atoms with Crippen LogP contribution in [-0.2, 0) is 11.2 Å². The fraction of sp³-hybridized carbons (Fsp3) is 0.250. The van der Waals surface area contributed by atoms with Crippen LogP contribution in [0.15, 0.2) is 12.1 Å². The Morgan fingerprint density at radius 2 is 2.45 bits per heavy atom. The molecule has 0 aromatic carbocycles.